The molecule has 14 heteroatoms. The van der Waals surface area contributed by atoms with E-state index in [0.29, 0.717) is 59.8 Å². The van der Waals surface area contributed by atoms with Gasteiger partial charge in [0.2, 0.25) is 5.95 Å². The number of amides is 2. The highest BCUT2D eigenvalue weighted by atomic mass is 32.2. The molecule has 0 aliphatic carbocycles. The van der Waals surface area contributed by atoms with Crippen LogP contribution >= 0.6 is 11.8 Å². The zero-order valence-electron chi connectivity index (χ0n) is 23.4. The van der Waals surface area contributed by atoms with E-state index in [4.69, 9.17) is 9.47 Å². The Hall–Kier alpha value is -4.17. The first kappa shape index (κ1) is 30.3. The van der Waals surface area contributed by atoms with Crippen LogP contribution in [0.15, 0.2) is 47.5 Å². The van der Waals surface area contributed by atoms with Gasteiger partial charge < -0.3 is 19.7 Å². The van der Waals surface area contributed by atoms with Gasteiger partial charge in [0.1, 0.15) is 17.2 Å². The molecule has 0 spiro atoms. The van der Waals surface area contributed by atoms with Crippen LogP contribution in [0.5, 0.6) is 11.5 Å². The number of methoxy groups -OCH3 is 2. The molecule has 2 aliphatic heterocycles. The molecule has 2 saturated heterocycles. The van der Waals surface area contributed by atoms with E-state index >= 15 is 0 Å². The highest BCUT2D eigenvalue weighted by Gasteiger charge is 2.33. The molecule has 0 unspecified atom stereocenters. The lowest BCUT2D eigenvalue weighted by Gasteiger charge is -2.32. The van der Waals surface area contributed by atoms with Crippen LogP contribution < -0.4 is 25.0 Å². The van der Waals surface area contributed by atoms with Crippen molar-refractivity contribution in [3.05, 3.63) is 64.5 Å². The number of carbonyl (C=O) groups is 2. The van der Waals surface area contributed by atoms with Gasteiger partial charge in [-0.1, -0.05) is 0 Å². The molecule has 43 heavy (non-hydrogen) atoms. The number of nitrogens with zero attached hydrogens (tertiary/aromatic N) is 4. The van der Waals surface area contributed by atoms with Crippen molar-refractivity contribution in [2.24, 2.45) is 5.92 Å². The Morgan fingerprint density at radius 3 is 2.56 bits per heavy atom. The first-order chi connectivity index (χ1) is 20.6. The van der Waals surface area contributed by atoms with Crippen LogP contribution in [0.25, 0.3) is 17.3 Å². The number of pyridine rings is 1. The molecule has 2 aliphatic rings. The fraction of sp³-hybridized carbons (Fsp3) is 0.345. The molecule has 5 rings (SSSR count). The highest BCUT2D eigenvalue weighted by Crippen LogP contribution is 2.36. The van der Waals surface area contributed by atoms with E-state index in [2.05, 4.69) is 30.5 Å². The number of thioether (sulfide) groups is 1. The van der Waals surface area contributed by atoms with E-state index in [-0.39, 0.29) is 17.1 Å². The minimum Gasteiger partial charge on any atom is -0.497 e. The second-order valence-electron chi connectivity index (χ2n) is 10.0. The Morgan fingerprint density at radius 1 is 1.09 bits per heavy atom. The number of carbonyl (C=O) groups excluding carboxylic acids is 2. The molecule has 10 nitrogen and oxygen atoms in total. The normalized spacial score (nSPS) is 17.0. The van der Waals surface area contributed by atoms with Crippen LogP contribution in [-0.2, 0) is 17.5 Å². The molecule has 0 bridgehead atoms. The van der Waals surface area contributed by atoms with Gasteiger partial charge in [-0.05, 0) is 79.0 Å². The van der Waals surface area contributed by atoms with Crippen molar-refractivity contribution >= 4 is 34.9 Å². The summed E-state index contributed by atoms with van der Waals surface area (Å²) < 4.78 is 51.8. The number of piperidine rings is 1. The van der Waals surface area contributed by atoms with Crippen LogP contribution in [-0.4, -0.2) is 60.0 Å². The Kier molecular flexibility index (Phi) is 9.16. The maximum absolute atomic E-state index is 13.7. The lowest BCUT2D eigenvalue weighted by atomic mass is 9.97. The van der Waals surface area contributed by atoms with Crippen molar-refractivity contribution in [2.45, 2.75) is 25.6 Å². The summed E-state index contributed by atoms with van der Waals surface area (Å²) >= 11 is 0.832. The average Bonchev–Trinajstić information content (AvgIpc) is 3.32. The molecule has 2 aromatic heterocycles. The second kappa shape index (κ2) is 13.0. The monoisotopic (exact) mass is 614 g/mol. The number of imide groups is 1. The average molecular weight is 615 g/mol. The van der Waals surface area contributed by atoms with Gasteiger partial charge in [0, 0.05) is 37.5 Å². The van der Waals surface area contributed by atoms with Crippen LogP contribution in [0.2, 0.25) is 0 Å². The number of anilines is 1. The van der Waals surface area contributed by atoms with Crippen molar-refractivity contribution in [1.82, 2.24) is 25.6 Å². The van der Waals surface area contributed by atoms with E-state index in [1.165, 1.54) is 14.2 Å². The topological polar surface area (TPSA) is 119 Å². The number of hydrogen-bond donors (Lipinski definition) is 2. The largest absolute Gasteiger partial charge is 0.497 e. The van der Waals surface area contributed by atoms with Gasteiger partial charge in [0.05, 0.1) is 30.5 Å². The zero-order chi connectivity index (χ0) is 30.6. The third-order valence-corrected chi connectivity index (χ3v) is 7.92. The molecule has 0 radical (unpaired) electrons. The quantitative estimate of drug-likeness (QED) is 0.322. The van der Waals surface area contributed by atoms with Crippen LogP contribution in [0.1, 0.15) is 29.8 Å². The van der Waals surface area contributed by atoms with Gasteiger partial charge in [0.25, 0.3) is 11.1 Å². The molecule has 1 aromatic carbocycles. The maximum atomic E-state index is 13.7. The Bertz CT molecular complexity index is 1540. The van der Waals surface area contributed by atoms with E-state index in [0.717, 1.165) is 30.7 Å². The molecular formula is C29H29F3N6O4S. The van der Waals surface area contributed by atoms with E-state index < -0.39 is 23.0 Å². The summed E-state index contributed by atoms with van der Waals surface area (Å²) in [6.07, 6.45) is 0.250. The molecule has 2 amide bonds. The van der Waals surface area contributed by atoms with Crippen LogP contribution in [0.3, 0.4) is 0 Å². The fourth-order valence-electron chi connectivity index (χ4n) is 4.89. The molecule has 0 saturated carbocycles. The zero-order valence-corrected chi connectivity index (χ0v) is 24.2. The maximum Gasteiger partial charge on any atom is 0.433 e. The van der Waals surface area contributed by atoms with E-state index in [1.807, 2.05) is 0 Å². The SMILES string of the molecule is COc1ccc(-c2cc(CNCC3CCN(c4nccc(/C=C5\SC(=O)NC5=O)n4)CC3)cc(C(F)(F)F)n2)c(OC)c1. The Morgan fingerprint density at radius 2 is 1.88 bits per heavy atom. The lowest BCUT2D eigenvalue weighted by molar-refractivity contribution is -0.141. The predicted octanol–water partition coefficient (Wildman–Crippen LogP) is 4.90. The van der Waals surface area contributed by atoms with Crippen molar-refractivity contribution in [1.29, 1.82) is 0 Å². The van der Waals surface area contributed by atoms with E-state index in [9.17, 15) is 22.8 Å². The Labute approximate surface area is 250 Å². The first-order valence-corrected chi connectivity index (χ1v) is 14.3. The van der Waals surface area contributed by atoms with Gasteiger partial charge in [-0.3, -0.25) is 14.9 Å². The third kappa shape index (κ3) is 7.43. The number of benzene rings is 1. The van der Waals surface area contributed by atoms with Gasteiger partial charge in [-0.2, -0.15) is 13.2 Å². The molecule has 4 heterocycles. The number of rotatable bonds is 9. The fourth-order valence-corrected chi connectivity index (χ4v) is 5.56. The van der Waals surface area contributed by atoms with Crippen LogP contribution in [0, 0.1) is 5.92 Å². The molecule has 226 valence electrons. The number of nitrogens with one attached hydrogen (secondary N) is 2. The van der Waals surface area contributed by atoms with Crippen molar-refractivity contribution < 1.29 is 32.2 Å². The summed E-state index contributed by atoms with van der Waals surface area (Å²) in [4.78, 5) is 38.4. The smallest absolute Gasteiger partial charge is 0.433 e. The van der Waals surface area contributed by atoms with Crippen molar-refractivity contribution in [3.8, 4) is 22.8 Å². The van der Waals surface area contributed by atoms with Gasteiger partial charge in [0.15, 0.2) is 0 Å². The molecule has 2 fully saturated rings. The predicted molar refractivity (Wildman–Crippen MR) is 156 cm³/mol. The first-order valence-electron chi connectivity index (χ1n) is 13.5. The summed E-state index contributed by atoms with van der Waals surface area (Å²) in [5, 5.41) is 5.12. The van der Waals surface area contributed by atoms with Gasteiger partial charge >= 0.3 is 6.18 Å². The van der Waals surface area contributed by atoms with Crippen molar-refractivity contribution in [2.75, 3.05) is 38.8 Å². The summed E-state index contributed by atoms with van der Waals surface area (Å²) in [5.74, 6) is 1.29. The second-order valence-corrected chi connectivity index (χ2v) is 11.0. The number of halogens is 3. The number of alkyl halides is 3. The third-order valence-electron chi connectivity index (χ3n) is 7.11. The molecule has 2 N–H and O–H groups in total. The van der Waals surface area contributed by atoms with Gasteiger partial charge in [-0.25, -0.2) is 15.0 Å². The lowest BCUT2D eigenvalue weighted by Crippen LogP contribution is -2.38. The minimum atomic E-state index is -4.60. The molecule has 3 aromatic rings. The van der Waals surface area contributed by atoms with Gasteiger partial charge in [-0.15, -0.1) is 0 Å². The van der Waals surface area contributed by atoms with Crippen LogP contribution in [0.4, 0.5) is 23.9 Å². The minimum absolute atomic E-state index is 0.163. The number of ether oxygens (including phenoxy) is 2. The summed E-state index contributed by atoms with van der Waals surface area (Å²) in [6.45, 7) is 2.28. The summed E-state index contributed by atoms with van der Waals surface area (Å²) in [7, 11) is 2.94. The Balaban J connectivity index is 1.20. The number of hydrogen-bond acceptors (Lipinski definition) is 10. The molecule has 0 atom stereocenters. The summed E-state index contributed by atoms with van der Waals surface area (Å²) in [6, 6.07) is 9.26. The van der Waals surface area contributed by atoms with Crippen molar-refractivity contribution in [3.63, 3.8) is 0 Å². The van der Waals surface area contributed by atoms with E-state index in [1.54, 1.807) is 42.6 Å². The molecular weight excluding hydrogens is 585 g/mol. The standard InChI is InChI=1S/C29H29F3N6O4S/c1-41-20-3-4-21(23(14-20)42-2)22-11-18(12-25(36-22)29(30,31)32)16-33-15-17-6-9-38(10-7-17)27-34-8-5-19(35-27)13-24-26(39)37-28(40)43-24/h3-5,8,11-14,17,33H,6-7,9-10,15-16H2,1-2H3,(H,37,39,40)/b24-13-. The summed E-state index contributed by atoms with van der Waals surface area (Å²) in [5.41, 5.74) is 0.621. The number of aromatic nitrogens is 3. The highest BCUT2D eigenvalue weighted by molar-refractivity contribution is 8.18.